The molecule has 3 rings (SSSR count). The molecule has 0 saturated carbocycles. The number of hydrogen-bond donors (Lipinski definition) is 6. The van der Waals surface area contributed by atoms with Crippen molar-refractivity contribution in [3.05, 3.63) is 71.9 Å². The molecule has 7 N–H and O–H groups in total. The van der Waals surface area contributed by atoms with Crippen molar-refractivity contribution in [3.8, 4) is 0 Å². The van der Waals surface area contributed by atoms with Crippen LogP contribution < -0.4 is 21.7 Å². The van der Waals surface area contributed by atoms with Crippen LogP contribution in [0.25, 0.3) is 10.9 Å². The maximum absolute atomic E-state index is 13.4. The molecule has 10 nitrogen and oxygen atoms in total. The summed E-state index contributed by atoms with van der Waals surface area (Å²) in [4.78, 5) is 54.9. The van der Waals surface area contributed by atoms with Crippen molar-refractivity contribution >= 4 is 58.1 Å². The van der Waals surface area contributed by atoms with E-state index in [1.54, 1.807) is 6.20 Å². The summed E-state index contributed by atoms with van der Waals surface area (Å²) in [5.74, 6) is -1.60. The van der Waals surface area contributed by atoms with E-state index in [4.69, 9.17) is 5.73 Å². The molecule has 42 heavy (non-hydrogen) atoms. The highest BCUT2D eigenvalue weighted by Crippen LogP contribution is 2.19. The summed E-state index contributed by atoms with van der Waals surface area (Å²) < 4.78 is 0. The normalized spacial score (nSPS) is 14.0. The quantitative estimate of drug-likeness (QED) is 0.135. The number of para-hydroxylation sites is 1. The highest BCUT2D eigenvalue weighted by atomic mass is 32.2. The molecule has 1 aromatic heterocycles. The van der Waals surface area contributed by atoms with Gasteiger partial charge in [-0.25, -0.2) is 4.79 Å². The molecule has 4 atom stereocenters. The van der Waals surface area contributed by atoms with E-state index in [-0.39, 0.29) is 12.8 Å². The third kappa shape index (κ3) is 9.81. The van der Waals surface area contributed by atoms with Crippen LogP contribution in [-0.2, 0) is 32.0 Å². The monoisotopic (exact) mass is 613 g/mol. The van der Waals surface area contributed by atoms with Gasteiger partial charge < -0.3 is 31.8 Å². The van der Waals surface area contributed by atoms with Crippen LogP contribution in [0.15, 0.2) is 60.8 Å². The number of amides is 3. The van der Waals surface area contributed by atoms with Gasteiger partial charge in [0.05, 0.1) is 6.04 Å². The maximum atomic E-state index is 13.4. The van der Waals surface area contributed by atoms with E-state index in [0.717, 1.165) is 22.0 Å². The van der Waals surface area contributed by atoms with Gasteiger partial charge in [-0.3, -0.25) is 14.4 Å². The molecule has 0 aliphatic carbocycles. The average molecular weight is 614 g/mol. The molecule has 0 bridgehead atoms. The minimum absolute atomic E-state index is 0.0694. The van der Waals surface area contributed by atoms with E-state index in [1.807, 2.05) is 67.1 Å². The number of aromatic nitrogens is 1. The molecule has 12 heteroatoms. The molecule has 226 valence electrons. The van der Waals surface area contributed by atoms with Crippen LogP contribution >= 0.6 is 23.5 Å². The Hall–Kier alpha value is -3.48. The second-order valence-corrected chi connectivity index (χ2v) is 11.9. The number of aliphatic carboxylic acids is 1. The molecule has 2 aromatic carbocycles. The third-order valence-corrected chi connectivity index (χ3v) is 8.12. The number of nitrogens with two attached hydrogens (primary N) is 1. The van der Waals surface area contributed by atoms with Crippen LogP contribution in [0.3, 0.4) is 0 Å². The Balaban J connectivity index is 1.69. The van der Waals surface area contributed by atoms with Crippen LogP contribution in [0.4, 0.5) is 0 Å². The summed E-state index contributed by atoms with van der Waals surface area (Å²) in [5, 5.41) is 18.9. The van der Waals surface area contributed by atoms with Gasteiger partial charge in [0.1, 0.15) is 18.1 Å². The molecule has 0 radical (unpaired) electrons. The Morgan fingerprint density at radius 3 is 1.93 bits per heavy atom. The number of hydrogen-bond acceptors (Lipinski definition) is 7. The fourth-order valence-electron chi connectivity index (χ4n) is 4.51. The second kappa shape index (κ2) is 16.8. The van der Waals surface area contributed by atoms with Gasteiger partial charge in [0.15, 0.2) is 0 Å². The number of H-pyrrole nitrogens is 1. The molecule has 3 amide bonds. The topological polar surface area (TPSA) is 166 Å². The van der Waals surface area contributed by atoms with Gasteiger partial charge >= 0.3 is 5.97 Å². The lowest BCUT2D eigenvalue weighted by Gasteiger charge is -2.25. The zero-order chi connectivity index (χ0) is 30.5. The van der Waals surface area contributed by atoms with Crippen LogP contribution in [0.1, 0.15) is 24.0 Å². The van der Waals surface area contributed by atoms with Crippen molar-refractivity contribution in [2.75, 3.05) is 24.0 Å². The molecule has 3 aromatic rings. The van der Waals surface area contributed by atoms with Crippen molar-refractivity contribution in [1.29, 1.82) is 0 Å². The molecule has 0 spiro atoms. The van der Waals surface area contributed by atoms with Crippen molar-refractivity contribution < 1.29 is 24.3 Å². The number of carboxylic acids is 1. The van der Waals surface area contributed by atoms with Gasteiger partial charge in [-0.15, -0.1) is 0 Å². The first-order valence-electron chi connectivity index (χ1n) is 13.7. The molecular weight excluding hydrogens is 574 g/mol. The third-order valence-electron chi connectivity index (χ3n) is 6.84. The first kappa shape index (κ1) is 33.0. The van der Waals surface area contributed by atoms with Gasteiger partial charge in [0.2, 0.25) is 17.7 Å². The lowest BCUT2D eigenvalue weighted by atomic mass is 10.0. The first-order valence-corrected chi connectivity index (χ1v) is 16.5. The minimum atomic E-state index is -1.20. The average Bonchev–Trinajstić information content (AvgIpc) is 3.39. The smallest absolute Gasteiger partial charge is 0.326 e. The molecule has 1 heterocycles. The minimum Gasteiger partial charge on any atom is -0.480 e. The van der Waals surface area contributed by atoms with Gasteiger partial charge in [0.25, 0.3) is 0 Å². The molecule has 0 saturated heterocycles. The number of rotatable bonds is 17. The Morgan fingerprint density at radius 1 is 0.786 bits per heavy atom. The maximum Gasteiger partial charge on any atom is 0.326 e. The van der Waals surface area contributed by atoms with E-state index < -0.39 is 47.9 Å². The summed E-state index contributed by atoms with van der Waals surface area (Å²) in [6.07, 6.45) is 6.52. The summed E-state index contributed by atoms with van der Waals surface area (Å²) in [5.41, 5.74) is 8.67. The molecule has 0 aliphatic heterocycles. The number of carbonyl (C=O) groups is 4. The predicted molar refractivity (Wildman–Crippen MR) is 170 cm³/mol. The molecule has 0 aliphatic rings. The largest absolute Gasteiger partial charge is 0.480 e. The highest BCUT2D eigenvalue weighted by Gasteiger charge is 2.30. The van der Waals surface area contributed by atoms with Crippen molar-refractivity contribution in [3.63, 3.8) is 0 Å². The fraction of sp³-hybridized carbons (Fsp3) is 0.400. The van der Waals surface area contributed by atoms with Crippen LogP contribution in [0.2, 0.25) is 0 Å². The molecule has 4 unspecified atom stereocenters. The van der Waals surface area contributed by atoms with Crippen LogP contribution in [0.5, 0.6) is 0 Å². The second-order valence-electron chi connectivity index (χ2n) is 9.94. The summed E-state index contributed by atoms with van der Waals surface area (Å²) in [6.45, 7) is 0. The summed E-state index contributed by atoms with van der Waals surface area (Å²) in [6, 6.07) is 12.9. The number of aromatic amines is 1. The fourth-order valence-corrected chi connectivity index (χ4v) is 5.46. The van der Waals surface area contributed by atoms with Crippen molar-refractivity contribution in [1.82, 2.24) is 20.9 Å². The van der Waals surface area contributed by atoms with Crippen molar-refractivity contribution in [2.24, 2.45) is 5.73 Å². The Bertz CT molecular complexity index is 1340. The zero-order valence-electron chi connectivity index (χ0n) is 23.8. The zero-order valence-corrected chi connectivity index (χ0v) is 25.4. The van der Waals surface area contributed by atoms with E-state index in [0.29, 0.717) is 24.3 Å². The number of fused-ring (bicyclic) bond motifs is 1. The Morgan fingerprint density at radius 2 is 1.33 bits per heavy atom. The standard InChI is InChI=1S/C30H39N5O5S2/c1-41-14-12-24(33-27(36)22(31)16-19-8-4-3-5-9-19)28(37)34-25(13-15-42-2)29(38)35-26(30(39)40)17-20-18-32-23-11-7-6-10-21(20)23/h3-11,18,22,24-26,32H,12-17,31H2,1-2H3,(H,33,36)(H,34,37)(H,35,38)(H,39,40). The number of carboxylic acid groups (broad SMARTS) is 1. The SMILES string of the molecule is CSCCC(NC(=O)C(N)Cc1ccccc1)C(=O)NC(CCSC)C(=O)NC(Cc1c[nH]c2ccccc12)C(=O)O. The predicted octanol–water partition coefficient (Wildman–Crippen LogP) is 2.33. The lowest BCUT2D eigenvalue weighted by Crippen LogP contribution is -2.57. The number of benzene rings is 2. The van der Waals surface area contributed by atoms with Gasteiger partial charge in [0, 0.05) is 23.5 Å². The number of thioether (sulfide) groups is 2. The van der Waals surface area contributed by atoms with E-state index in [9.17, 15) is 24.3 Å². The van der Waals surface area contributed by atoms with Crippen molar-refractivity contribution in [2.45, 2.75) is 49.9 Å². The molecular formula is C30H39N5O5S2. The number of nitrogens with one attached hydrogen (secondary N) is 4. The summed E-state index contributed by atoms with van der Waals surface area (Å²) >= 11 is 3.03. The first-order chi connectivity index (χ1) is 20.2. The van der Waals surface area contributed by atoms with E-state index >= 15 is 0 Å². The Labute approximate surface area is 254 Å². The van der Waals surface area contributed by atoms with Gasteiger partial charge in [-0.2, -0.15) is 23.5 Å². The number of carbonyl (C=O) groups excluding carboxylic acids is 3. The van der Waals surface area contributed by atoms with E-state index in [2.05, 4.69) is 20.9 Å². The molecule has 0 fully saturated rings. The van der Waals surface area contributed by atoms with Gasteiger partial charge in [-0.1, -0.05) is 48.5 Å². The van der Waals surface area contributed by atoms with Crippen LogP contribution in [-0.4, -0.2) is 82.0 Å². The lowest BCUT2D eigenvalue weighted by molar-refractivity contribution is -0.142. The van der Waals surface area contributed by atoms with E-state index in [1.165, 1.54) is 23.5 Å². The van der Waals surface area contributed by atoms with Crippen LogP contribution in [0, 0.1) is 0 Å². The highest BCUT2D eigenvalue weighted by molar-refractivity contribution is 7.98. The summed E-state index contributed by atoms with van der Waals surface area (Å²) in [7, 11) is 0. The van der Waals surface area contributed by atoms with Gasteiger partial charge in [-0.05, 0) is 60.5 Å². The Kier molecular flexibility index (Phi) is 13.2.